The predicted octanol–water partition coefficient (Wildman–Crippen LogP) is 4.68. The van der Waals surface area contributed by atoms with Crippen LogP contribution in [0.1, 0.15) is 50.3 Å². The highest BCUT2D eigenvalue weighted by molar-refractivity contribution is 7.13. The first-order valence-electron chi connectivity index (χ1n) is 8.73. The first-order valence-corrected chi connectivity index (χ1v) is 9.61. The van der Waals surface area contributed by atoms with Gasteiger partial charge in [-0.2, -0.15) is 0 Å². The molecule has 0 fully saturated rings. The van der Waals surface area contributed by atoms with Gasteiger partial charge in [-0.3, -0.25) is 4.79 Å². The average molecular weight is 345 g/mol. The van der Waals surface area contributed by atoms with Crippen LogP contribution in [-0.4, -0.2) is 19.0 Å². The number of thiophene rings is 1. The largest absolute Gasteiger partial charge is 0.356 e. The number of carbonyl (C=O) groups excluding carboxylic acids is 1. The van der Waals surface area contributed by atoms with Gasteiger partial charge in [-0.25, -0.2) is 0 Å². The Morgan fingerprint density at radius 2 is 2.08 bits per heavy atom. The first kappa shape index (κ1) is 18.7. The predicted molar refractivity (Wildman–Crippen MR) is 103 cm³/mol. The molecule has 24 heavy (non-hydrogen) atoms. The van der Waals surface area contributed by atoms with Crippen molar-refractivity contribution in [3.8, 4) is 10.4 Å². The maximum absolute atomic E-state index is 10.9. The van der Waals surface area contributed by atoms with Crippen molar-refractivity contribution in [3.05, 3.63) is 46.8 Å². The topological polar surface area (TPSA) is 41.1 Å². The molecule has 0 radical (unpaired) electrons. The fourth-order valence-corrected chi connectivity index (χ4v) is 3.69. The van der Waals surface area contributed by atoms with Gasteiger partial charge in [0.05, 0.1) is 0 Å². The van der Waals surface area contributed by atoms with Gasteiger partial charge in [-0.05, 0) is 60.5 Å². The van der Waals surface area contributed by atoms with E-state index in [0.717, 1.165) is 32.4 Å². The van der Waals surface area contributed by atoms with Crippen molar-refractivity contribution in [1.29, 1.82) is 0 Å². The Bertz CT molecular complexity index is 651. The van der Waals surface area contributed by atoms with E-state index in [0.29, 0.717) is 6.04 Å². The molecular formula is C20H28N2OS. The van der Waals surface area contributed by atoms with Gasteiger partial charge in [0.2, 0.25) is 5.91 Å². The van der Waals surface area contributed by atoms with Crippen LogP contribution < -0.4 is 10.6 Å². The SMILES string of the molecule is CCCC(NCCCNC(C)=O)c1cccc(-c2cc(C)cs2)c1. The van der Waals surface area contributed by atoms with Crippen molar-refractivity contribution in [1.82, 2.24) is 10.6 Å². The number of carbonyl (C=O) groups is 1. The van der Waals surface area contributed by atoms with Crippen molar-refractivity contribution in [2.24, 2.45) is 0 Å². The second-order valence-corrected chi connectivity index (χ2v) is 7.16. The lowest BCUT2D eigenvalue weighted by atomic mass is 9.99. The van der Waals surface area contributed by atoms with Crippen LogP contribution in [-0.2, 0) is 4.79 Å². The van der Waals surface area contributed by atoms with E-state index in [-0.39, 0.29) is 5.91 Å². The minimum Gasteiger partial charge on any atom is -0.356 e. The average Bonchev–Trinajstić information content (AvgIpc) is 3.00. The molecule has 130 valence electrons. The van der Waals surface area contributed by atoms with Crippen molar-refractivity contribution in [3.63, 3.8) is 0 Å². The van der Waals surface area contributed by atoms with Gasteiger partial charge in [0.15, 0.2) is 0 Å². The van der Waals surface area contributed by atoms with Gasteiger partial charge >= 0.3 is 0 Å². The summed E-state index contributed by atoms with van der Waals surface area (Å²) < 4.78 is 0. The molecule has 2 N–H and O–H groups in total. The summed E-state index contributed by atoms with van der Waals surface area (Å²) in [4.78, 5) is 12.2. The van der Waals surface area contributed by atoms with E-state index in [1.807, 2.05) is 0 Å². The molecular weight excluding hydrogens is 316 g/mol. The Labute approximate surface area is 149 Å². The van der Waals surface area contributed by atoms with Gasteiger partial charge in [0.1, 0.15) is 0 Å². The molecule has 0 spiro atoms. The molecule has 0 aliphatic rings. The minimum absolute atomic E-state index is 0.0408. The molecule has 1 heterocycles. The van der Waals surface area contributed by atoms with Crippen LogP contribution in [0.5, 0.6) is 0 Å². The molecule has 2 aromatic rings. The molecule has 0 aliphatic carbocycles. The number of benzene rings is 1. The second kappa shape index (κ2) is 9.60. The van der Waals surface area contributed by atoms with Crippen LogP contribution in [0.4, 0.5) is 0 Å². The lowest BCUT2D eigenvalue weighted by Gasteiger charge is -2.19. The summed E-state index contributed by atoms with van der Waals surface area (Å²) in [6.07, 6.45) is 3.21. The number of aryl methyl sites for hydroxylation is 1. The third-order valence-electron chi connectivity index (χ3n) is 4.00. The van der Waals surface area contributed by atoms with Crippen LogP contribution in [0.15, 0.2) is 35.7 Å². The Kier molecular flexibility index (Phi) is 7.47. The zero-order chi connectivity index (χ0) is 17.4. The molecule has 3 nitrogen and oxygen atoms in total. The summed E-state index contributed by atoms with van der Waals surface area (Å²) in [5.74, 6) is 0.0408. The van der Waals surface area contributed by atoms with Crippen LogP contribution in [0.2, 0.25) is 0 Å². The van der Waals surface area contributed by atoms with E-state index < -0.39 is 0 Å². The van der Waals surface area contributed by atoms with Crippen LogP contribution in [0.25, 0.3) is 10.4 Å². The van der Waals surface area contributed by atoms with Crippen molar-refractivity contribution >= 4 is 17.2 Å². The zero-order valence-corrected chi connectivity index (χ0v) is 15.7. The Morgan fingerprint density at radius 1 is 1.25 bits per heavy atom. The van der Waals surface area contributed by atoms with E-state index in [1.54, 1.807) is 18.3 Å². The fourth-order valence-electron chi connectivity index (χ4n) is 2.80. The van der Waals surface area contributed by atoms with Crippen molar-refractivity contribution < 1.29 is 4.79 Å². The van der Waals surface area contributed by atoms with Crippen LogP contribution in [0.3, 0.4) is 0 Å². The van der Waals surface area contributed by atoms with Gasteiger partial charge in [-0.1, -0.05) is 31.5 Å². The summed E-state index contributed by atoms with van der Waals surface area (Å²) >= 11 is 1.80. The van der Waals surface area contributed by atoms with Gasteiger partial charge in [0.25, 0.3) is 0 Å². The lowest BCUT2D eigenvalue weighted by molar-refractivity contribution is -0.118. The Hall–Kier alpha value is -1.65. The summed E-state index contributed by atoms with van der Waals surface area (Å²) in [6.45, 7) is 7.56. The fraction of sp³-hybridized carbons (Fsp3) is 0.450. The second-order valence-electron chi connectivity index (χ2n) is 6.25. The third-order valence-corrected chi connectivity index (χ3v) is 5.10. The highest BCUT2D eigenvalue weighted by Crippen LogP contribution is 2.29. The molecule has 0 saturated carbocycles. The van der Waals surface area contributed by atoms with Gasteiger partial charge in [0, 0.05) is 24.4 Å². The molecule has 1 aromatic heterocycles. The lowest BCUT2D eigenvalue weighted by Crippen LogP contribution is -2.27. The number of hydrogen-bond donors (Lipinski definition) is 2. The molecule has 0 saturated heterocycles. The normalized spacial score (nSPS) is 12.1. The van der Waals surface area contributed by atoms with Crippen molar-refractivity contribution in [2.75, 3.05) is 13.1 Å². The van der Waals surface area contributed by atoms with E-state index in [9.17, 15) is 4.79 Å². The maximum atomic E-state index is 10.9. The first-order chi connectivity index (χ1) is 11.6. The molecule has 2 rings (SSSR count). The molecule has 0 bridgehead atoms. The molecule has 4 heteroatoms. The van der Waals surface area contributed by atoms with E-state index >= 15 is 0 Å². The molecule has 1 atom stereocenters. The number of hydrogen-bond acceptors (Lipinski definition) is 3. The smallest absolute Gasteiger partial charge is 0.216 e. The maximum Gasteiger partial charge on any atom is 0.216 e. The molecule has 1 unspecified atom stereocenters. The van der Waals surface area contributed by atoms with Crippen LogP contribution >= 0.6 is 11.3 Å². The van der Waals surface area contributed by atoms with E-state index in [1.165, 1.54) is 21.6 Å². The van der Waals surface area contributed by atoms with Crippen molar-refractivity contribution in [2.45, 2.75) is 46.1 Å². The molecule has 0 aliphatic heterocycles. The quantitative estimate of drug-likeness (QED) is 0.649. The highest BCUT2D eigenvalue weighted by Gasteiger charge is 2.11. The standard InChI is InChI=1S/C20H28N2OS/c1-4-7-19(22-11-6-10-21-16(3)23)17-8-5-9-18(13-17)20-12-15(2)14-24-20/h5,8-9,12-14,19,22H,4,6-7,10-11H2,1-3H3,(H,21,23). The molecule has 1 aromatic carbocycles. The minimum atomic E-state index is 0.0408. The number of nitrogens with one attached hydrogen (secondary N) is 2. The Morgan fingerprint density at radius 3 is 2.75 bits per heavy atom. The monoisotopic (exact) mass is 344 g/mol. The van der Waals surface area contributed by atoms with Gasteiger partial charge in [-0.15, -0.1) is 11.3 Å². The number of amides is 1. The van der Waals surface area contributed by atoms with Gasteiger partial charge < -0.3 is 10.6 Å². The van der Waals surface area contributed by atoms with E-state index in [2.05, 4.69) is 60.2 Å². The number of rotatable bonds is 9. The third kappa shape index (κ3) is 5.77. The zero-order valence-electron chi connectivity index (χ0n) is 14.9. The summed E-state index contributed by atoms with van der Waals surface area (Å²) in [6, 6.07) is 11.5. The van der Waals surface area contributed by atoms with E-state index in [4.69, 9.17) is 0 Å². The Balaban J connectivity index is 2.00. The van der Waals surface area contributed by atoms with Crippen LogP contribution in [0, 0.1) is 6.92 Å². The highest BCUT2D eigenvalue weighted by atomic mass is 32.1. The summed E-state index contributed by atoms with van der Waals surface area (Å²) in [5, 5.41) is 8.69. The summed E-state index contributed by atoms with van der Waals surface area (Å²) in [7, 11) is 0. The molecule has 1 amide bonds. The summed E-state index contributed by atoms with van der Waals surface area (Å²) in [5.41, 5.74) is 3.97.